The van der Waals surface area contributed by atoms with Gasteiger partial charge in [0.1, 0.15) is 4.88 Å². The van der Waals surface area contributed by atoms with Crippen LogP contribution in [0.5, 0.6) is 11.8 Å². The van der Waals surface area contributed by atoms with Crippen molar-refractivity contribution in [3.05, 3.63) is 40.8 Å². The van der Waals surface area contributed by atoms with Gasteiger partial charge in [-0.15, -0.1) is 11.3 Å². The molecule has 1 aromatic carbocycles. The fourth-order valence-corrected chi connectivity index (χ4v) is 4.33. The largest absolute Gasteiger partial charge is 0.419 e. The Morgan fingerprint density at radius 1 is 1.21 bits per heavy atom. The zero-order valence-corrected chi connectivity index (χ0v) is 16.1. The Bertz CT molecular complexity index is 1240. The van der Waals surface area contributed by atoms with Crippen molar-refractivity contribution in [3.63, 3.8) is 0 Å². The second kappa shape index (κ2) is 6.54. The number of carbonyl (C=O) groups excluding carboxylic acids is 1. The average Bonchev–Trinajstić information content (AvgIpc) is 2.99. The molecule has 1 aliphatic heterocycles. The van der Waals surface area contributed by atoms with E-state index in [2.05, 4.69) is 30.6 Å². The van der Waals surface area contributed by atoms with Gasteiger partial charge < -0.3 is 15.4 Å². The van der Waals surface area contributed by atoms with Crippen LogP contribution in [-0.2, 0) is 0 Å². The van der Waals surface area contributed by atoms with Crippen LogP contribution in [-0.4, -0.2) is 38.4 Å². The summed E-state index contributed by atoms with van der Waals surface area (Å²) >= 11 is 7.23. The molecule has 8 nitrogen and oxygen atoms in total. The Kier molecular flexibility index (Phi) is 3.99. The molecule has 1 atom stereocenters. The van der Waals surface area contributed by atoms with Gasteiger partial charge in [0.05, 0.1) is 22.9 Å². The van der Waals surface area contributed by atoms with Crippen molar-refractivity contribution in [3.8, 4) is 11.8 Å². The molecule has 28 heavy (non-hydrogen) atoms. The van der Waals surface area contributed by atoms with E-state index in [1.165, 1.54) is 23.7 Å². The predicted octanol–water partition coefficient (Wildman–Crippen LogP) is 3.62. The molecule has 0 saturated carbocycles. The van der Waals surface area contributed by atoms with Gasteiger partial charge in [0, 0.05) is 34.9 Å². The number of thiophene rings is 1. The van der Waals surface area contributed by atoms with Crippen LogP contribution in [0.1, 0.15) is 16.6 Å². The SMILES string of the molecule is C[C@@H]1CNc2c(sc3ccc4nc(Oc5ccnc(Cl)n5)cnc4c23)C(=O)N1. The smallest absolute Gasteiger partial charge is 0.263 e. The second-order valence-corrected chi connectivity index (χ2v) is 7.73. The Balaban J connectivity index is 1.62. The number of halogens is 1. The Hall–Kier alpha value is -3.04. The fraction of sp³-hybridized carbons (Fsp3) is 0.167. The highest BCUT2D eigenvalue weighted by atomic mass is 35.5. The van der Waals surface area contributed by atoms with Crippen LogP contribution < -0.4 is 15.4 Å². The summed E-state index contributed by atoms with van der Waals surface area (Å²) in [6.45, 7) is 2.61. The van der Waals surface area contributed by atoms with Crippen molar-refractivity contribution in [2.45, 2.75) is 13.0 Å². The number of fused-ring (bicyclic) bond motifs is 5. The molecule has 0 spiro atoms. The molecule has 0 radical (unpaired) electrons. The summed E-state index contributed by atoms with van der Waals surface area (Å²) in [6.07, 6.45) is 3.03. The third-order valence-corrected chi connectivity index (χ3v) is 5.66. The molecule has 0 bridgehead atoms. The molecule has 2 N–H and O–H groups in total. The van der Waals surface area contributed by atoms with Crippen molar-refractivity contribution >= 4 is 55.7 Å². The first-order valence-electron chi connectivity index (χ1n) is 8.52. The van der Waals surface area contributed by atoms with E-state index in [0.29, 0.717) is 28.3 Å². The summed E-state index contributed by atoms with van der Waals surface area (Å²) in [5.74, 6) is 0.504. The lowest BCUT2D eigenvalue weighted by atomic mass is 10.1. The number of rotatable bonds is 2. The van der Waals surface area contributed by atoms with Crippen LogP contribution in [0, 0.1) is 0 Å². The summed E-state index contributed by atoms with van der Waals surface area (Å²) in [6, 6.07) is 5.43. The maximum atomic E-state index is 12.5. The maximum Gasteiger partial charge on any atom is 0.263 e. The van der Waals surface area contributed by atoms with Gasteiger partial charge in [-0.25, -0.2) is 15.0 Å². The lowest BCUT2D eigenvalue weighted by Crippen LogP contribution is -2.34. The molecule has 1 amide bonds. The Morgan fingerprint density at radius 2 is 2.11 bits per heavy atom. The molecule has 0 fully saturated rings. The number of hydrogen-bond acceptors (Lipinski definition) is 8. The number of amides is 1. The predicted molar refractivity (Wildman–Crippen MR) is 107 cm³/mol. The van der Waals surface area contributed by atoms with Gasteiger partial charge in [0.2, 0.25) is 17.0 Å². The molecule has 0 saturated heterocycles. The minimum absolute atomic E-state index is 0.0444. The van der Waals surface area contributed by atoms with Gasteiger partial charge in [0.25, 0.3) is 5.91 Å². The van der Waals surface area contributed by atoms with Gasteiger partial charge >= 0.3 is 0 Å². The first-order chi connectivity index (χ1) is 13.6. The summed E-state index contributed by atoms with van der Waals surface area (Å²) < 4.78 is 6.61. The average molecular weight is 413 g/mol. The summed E-state index contributed by atoms with van der Waals surface area (Å²) in [7, 11) is 0. The zero-order valence-electron chi connectivity index (χ0n) is 14.6. The Labute approximate surface area is 168 Å². The van der Waals surface area contributed by atoms with E-state index in [0.717, 1.165) is 15.8 Å². The molecular formula is C18H13ClN6O2S. The highest BCUT2D eigenvalue weighted by molar-refractivity contribution is 7.21. The number of carbonyl (C=O) groups is 1. The molecule has 4 heterocycles. The number of ether oxygens (including phenoxy) is 1. The van der Waals surface area contributed by atoms with Gasteiger partial charge in [-0.3, -0.25) is 4.79 Å². The lowest BCUT2D eigenvalue weighted by molar-refractivity contribution is 0.0949. The quantitative estimate of drug-likeness (QED) is 0.485. The fourth-order valence-electron chi connectivity index (χ4n) is 3.11. The van der Waals surface area contributed by atoms with Crippen LogP contribution in [0.3, 0.4) is 0 Å². The lowest BCUT2D eigenvalue weighted by Gasteiger charge is -2.10. The molecular weight excluding hydrogens is 400 g/mol. The standard InChI is InChI=1S/C18H13ClN6O2S/c1-8-6-21-15-13-10(28-16(15)17(26)23-8)3-2-9-14(13)22-7-12(24-9)27-11-4-5-20-18(19)25-11/h2-5,7-8,21H,6H2,1H3,(H,23,26)/t8-/m1/s1. The van der Waals surface area contributed by atoms with Crippen molar-refractivity contribution < 1.29 is 9.53 Å². The summed E-state index contributed by atoms with van der Waals surface area (Å²) in [5, 5.41) is 7.34. The topological polar surface area (TPSA) is 102 Å². The number of benzene rings is 1. The van der Waals surface area contributed by atoms with E-state index in [1.807, 2.05) is 19.1 Å². The van der Waals surface area contributed by atoms with Crippen molar-refractivity contribution in [1.82, 2.24) is 25.3 Å². The number of nitrogens with zero attached hydrogens (tertiary/aromatic N) is 4. The number of nitrogens with one attached hydrogen (secondary N) is 2. The van der Waals surface area contributed by atoms with E-state index < -0.39 is 0 Å². The van der Waals surface area contributed by atoms with E-state index in [1.54, 1.807) is 6.07 Å². The van der Waals surface area contributed by atoms with E-state index in [4.69, 9.17) is 16.3 Å². The first-order valence-corrected chi connectivity index (χ1v) is 9.71. The third-order valence-electron chi connectivity index (χ3n) is 4.32. The maximum absolute atomic E-state index is 12.5. The summed E-state index contributed by atoms with van der Waals surface area (Å²) in [4.78, 5) is 30.0. The monoisotopic (exact) mass is 412 g/mol. The zero-order chi connectivity index (χ0) is 19.3. The van der Waals surface area contributed by atoms with Crippen LogP contribution in [0.4, 0.5) is 5.69 Å². The van der Waals surface area contributed by atoms with Crippen molar-refractivity contribution in [2.24, 2.45) is 0 Å². The normalized spacial score (nSPS) is 16.4. The molecule has 10 heteroatoms. The molecule has 3 aromatic heterocycles. The van der Waals surface area contributed by atoms with E-state index >= 15 is 0 Å². The minimum atomic E-state index is -0.0737. The van der Waals surface area contributed by atoms with E-state index in [-0.39, 0.29) is 23.1 Å². The highest BCUT2D eigenvalue weighted by Gasteiger charge is 2.25. The van der Waals surface area contributed by atoms with Gasteiger partial charge in [0.15, 0.2) is 0 Å². The number of aromatic nitrogens is 4. The van der Waals surface area contributed by atoms with Crippen LogP contribution in [0.25, 0.3) is 21.1 Å². The van der Waals surface area contributed by atoms with Crippen molar-refractivity contribution in [1.29, 1.82) is 0 Å². The first kappa shape index (κ1) is 17.1. The highest BCUT2D eigenvalue weighted by Crippen LogP contribution is 2.40. The van der Waals surface area contributed by atoms with Crippen LogP contribution >= 0.6 is 22.9 Å². The molecule has 140 valence electrons. The Morgan fingerprint density at radius 3 is 2.96 bits per heavy atom. The number of hydrogen-bond donors (Lipinski definition) is 2. The van der Waals surface area contributed by atoms with E-state index in [9.17, 15) is 4.79 Å². The number of anilines is 1. The third kappa shape index (κ3) is 2.88. The summed E-state index contributed by atoms with van der Waals surface area (Å²) in [5.41, 5.74) is 2.17. The van der Waals surface area contributed by atoms with Crippen molar-refractivity contribution in [2.75, 3.05) is 11.9 Å². The van der Waals surface area contributed by atoms with Crippen LogP contribution in [0.15, 0.2) is 30.6 Å². The molecule has 0 unspecified atom stereocenters. The molecule has 0 aliphatic carbocycles. The second-order valence-electron chi connectivity index (χ2n) is 6.34. The molecule has 5 rings (SSSR count). The molecule has 1 aliphatic rings. The minimum Gasteiger partial charge on any atom is -0.419 e. The van der Waals surface area contributed by atoms with Gasteiger partial charge in [-0.2, -0.15) is 4.98 Å². The van der Waals surface area contributed by atoms with Crippen LogP contribution in [0.2, 0.25) is 5.28 Å². The van der Waals surface area contributed by atoms with Gasteiger partial charge in [-0.1, -0.05) is 0 Å². The molecule has 4 aromatic rings. The van der Waals surface area contributed by atoms with Gasteiger partial charge in [-0.05, 0) is 30.7 Å².